The molecule has 0 spiro atoms. The van der Waals surface area contributed by atoms with Crippen molar-refractivity contribution in [2.24, 2.45) is 0 Å². The predicted molar refractivity (Wildman–Crippen MR) is 97.4 cm³/mol. The van der Waals surface area contributed by atoms with Crippen molar-refractivity contribution in [1.82, 2.24) is 0 Å². The number of nitriles is 1. The normalized spacial score (nSPS) is 10.9. The van der Waals surface area contributed by atoms with Gasteiger partial charge in [0.2, 0.25) is 0 Å². The van der Waals surface area contributed by atoms with E-state index in [9.17, 15) is 10.1 Å². The van der Waals surface area contributed by atoms with Gasteiger partial charge in [0, 0.05) is 0 Å². The Morgan fingerprint density at radius 3 is 2.32 bits per heavy atom. The molecule has 2 rings (SSSR count). The van der Waals surface area contributed by atoms with Crippen molar-refractivity contribution in [2.75, 3.05) is 6.61 Å². The molecule has 0 amide bonds. The van der Waals surface area contributed by atoms with E-state index >= 15 is 0 Å². The zero-order valence-electron chi connectivity index (χ0n) is 14.7. The summed E-state index contributed by atoms with van der Waals surface area (Å²) >= 11 is 0. The molecule has 2 aromatic carbocycles. The summed E-state index contributed by atoms with van der Waals surface area (Å²) in [5.41, 5.74) is 2.38. The zero-order valence-corrected chi connectivity index (χ0v) is 14.7. The summed E-state index contributed by atoms with van der Waals surface area (Å²) in [5, 5.41) is 9.30. The number of benzene rings is 2. The summed E-state index contributed by atoms with van der Waals surface area (Å²) in [6, 6.07) is 14.8. The predicted octanol–water partition coefficient (Wildman–Crippen LogP) is 4.60. The maximum atomic E-state index is 12.3. The van der Waals surface area contributed by atoms with E-state index in [-0.39, 0.29) is 5.57 Å². The van der Waals surface area contributed by atoms with Gasteiger partial charge < -0.3 is 9.47 Å². The van der Waals surface area contributed by atoms with Gasteiger partial charge in [-0.25, -0.2) is 4.79 Å². The van der Waals surface area contributed by atoms with Gasteiger partial charge in [-0.1, -0.05) is 37.3 Å². The first-order chi connectivity index (χ1) is 12.0. The summed E-state index contributed by atoms with van der Waals surface area (Å²) in [4.78, 5) is 12.3. The molecular formula is C21H21NO3. The Morgan fingerprint density at radius 2 is 1.76 bits per heavy atom. The van der Waals surface area contributed by atoms with Crippen LogP contribution < -0.4 is 9.47 Å². The van der Waals surface area contributed by atoms with Crippen molar-refractivity contribution >= 4 is 12.0 Å². The van der Waals surface area contributed by atoms with Crippen LogP contribution in [0.5, 0.6) is 11.5 Å². The molecule has 0 saturated carbocycles. The number of aryl methyl sites for hydroxylation is 2. The Labute approximate surface area is 148 Å². The van der Waals surface area contributed by atoms with Crippen LogP contribution in [-0.4, -0.2) is 12.6 Å². The molecule has 0 fully saturated rings. The van der Waals surface area contributed by atoms with Crippen LogP contribution in [0.2, 0.25) is 0 Å². The van der Waals surface area contributed by atoms with Gasteiger partial charge >= 0.3 is 5.97 Å². The summed E-state index contributed by atoms with van der Waals surface area (Å²) < 4.78 is 10.9. The SMILES string of the molecule is CCCOc1ccc(/C=C(\C#N)C(=O)Oc2c(C)cccc2C)cc1. The maximum absolute atomic E-state index is 12.3. The lowest BCUT2D eigenvalue weighted by Gasteiger charge is -2.09. The highest BCUT2D eigenvalue weighted by molar-refractivity contribution is 5.99. The lowest BCUT2D eigenvalue weighted by atomic mass is 10.1. The minimum Gasteiger partial charge on any atom is -0.494 e. The lowest BCUT2D eigenvalue weighted by Crippen LogP contribution is -2.11. The van der Waals surface area contributed by atoms with E-state index in [2.05, 4.69) is 0 Å². The molecule has 0 radical (unpaired) electrons. The second kappa shape index (κ2) is 8.70. The second-order valence-corrected chi connectivity index (χ2v) is 5.70. The molecule has 2 aromatic rings. The first-order valence-electron chi connectivity index (χ1n) is 8.18. The molecule has 0 saturated heterocycles. The molecule has 0 heterocycles. The van der Waals surface area contributed by atoms with Gasteiger partial charge in [0.1, 0.15) is 23.1 Å². The second-order valence-electron chi connectivity index (χ2n) is 5.70. The van der Waals surface area contributed by atoms with Gasteiger partial charge in [-0.3, -0.25) is 0 Å². The molecule has 25 heavy (non-hydrogen) atoms. The summed E-state index contributed by atoms with van der Waals surface area (Å²) in [6.07, 6.45) is 2.45. The number of nitrogens with zero attached hydrogens (tertiary/aromatic N) is 1. The van der Waals surface area contributed by atoms with E-state index in [0.29, 0.717) is 12.4 Å². The Balaban J connectivity index is 2.17. The van der Waals surface area contributed by atoms with Gasteiger partial charge in [0.15, 0.2) is 0 Å². The molecule has 0 N–H and O–H groups in total. The van der Waals surface area contributed by atoms with E-state index < -0.39 is 5.97 Å². The quantitative estimate of drug-likeness (QED) is 0.335. The van der Waals surface area contributed by atoms with Crippen molar-refractivity contribution in [3.63, 3.8) is 0 Å². The van der Waals surface area contributed by atoms with Crippen LogP contribution in [-0.2, 0) is 4.79 Å². The molecule has 4 heteroatoms. The van der Waals surface area contributed by atoms with Gasteiger partial charge in [-0.15, -0.1) is 0 Å². The van der Waals surface area contributed by atoms with Crippen molar-refractivity contribution in [1.29, 1.82) is 5.26 Å². The minimum atomic E-state index is -0.661. The molecule has 0 atom stereocenters. The van der Waals surface area contributed by atoms with Crippen LogP contribution in [0.1, 0.15) is 30.0 Å². The van der Waals surface area contributed by atoms with E-state index in [1.54, 1.807) is 12.1 Å². The van der Waals surface area contributed by atoms with Crippen LogP contribution in [0.3, 0.4) is 0 Å². The maximum Gasteiger partial charge on any atom is 0.354 e. The van der Waals surface area contributed by atoms with Crippen LogP contribution in [0.25, 0.3) is 6.08 Å². The number of hydrogen-bond donors (Lipinski definition) is 0. The van der Waals surface area contributed by atoms with Crippen LogP contribution in [0.15, 0.2) is 48.0 Å². The Kier molecular flexibility index (Phi) is 6.36. The molecule has 0 aromatic heterocycles. The Morgan fingerprint density at radius 1 is 1.12 bits per heavy atom. The number of carbonyl (C=O) groups excluding carboxylic acids is 1. The highest BCUT2D eigenvalue weighted by atomic mass is 16.5. The van der Waals surface area contributed by atoms with E-state index in [1.807, 2.05) is 57.2 Å². The Hall–Kier alpha value is -3.06. The van der Waals surface area contributed by atoms with Gasteiger partial charge in [-0.05, 0) is 55.2 Å². The van der Waals surface area contributed by atoms with E-state index in [4.69, 9.17) is 9.47 Å². The van der Waals surface area contributed by atoms with Crippen molar-refractivity contribution in [3.8, 4) is 17.6 Å². The molecule has 0 aliphatic carbocycles. The number of ether oxygens (including phenoxy) is 2. The monoisotopic (exact) mass is 335 g/mol. The summed E-state index contributed by atoms with van der Waals surface area (Å²) in [6.45, 7) is 6.42. The fourth-order valence-corrected chi connectivity index (χ4v) is 2.29. The third-order valence-electron chi connectivity index (χ3n) is 3.61. The number of esters is 1. The van der Waals surface area contributed by atoms with Gasteiger partial charge in [-0.2, -0.15) is 5.26 Å². The average Bonchev–Trinajstić information content (AvgIpc) is 2.62. The van der Waals surface area contributed by atoms with Crippen molar-refractivity contribution < 1.29 is 14.3 Å². The number of hydrogen-bond acceptors (Lipinski definition) is 4. The highest BCUT2D eigenvalue weighted by Crippen LogP contribution is 2.23. The largest absolute Gasteiger partial charge is 0.494 e. The third-order valence-corrected chi connectivity index (χ3v) is 3.61. The van der Waals surface area contributed by atoms with Crippen LogP contribution in [0, 0.1) is 25.2 Å². The first kappa shape index (κ1) is 18.3. The van der Waals surface area contributed by atoms with Gasteiger partial charge in [0.25, 0.3) is 0 Å². The third kappa shape index (κ3) is 4.95. The summed E-state index contributed by atoms with van der Waals surface area (Å²) in [7, 11) is 0. The molecule has 0 unspecified atom stereocenters. The fourth-order valence-electron chi connectivity index (χ4n) is 2.29. The summed E-state index contributed by atoms with van der Waals surface area (Å²) in [5.74, 6) is 0.596. The molecule has 128 valence electrons. The molecule has 4 nitrogen and oxygen atoms in total. The molecular weight excluding hydrogens is 314 g/mol. The topological polar surface area (TPSA) is 59.3 Å². The minimum absolute atomic E-state index is 0.0510. The van der Waals surface area contributed by atoms with Gasteiger partial charge in [0.05, 0.1) is 6.61 Å². The highest BCUT2D eigenvalue weighted by Gasteiger charge is 2.15. The fraction of sp³-hybridized carbons (Fsp3) is 0.238. The van der Waals surface area contributed by atoms with Crippen molar-refractivity contribution in [2.45, 2.75) is 27.2 Å². The van der Waals surface area contributed by atoms with Crippen LogP contribution >= 0.6 is 0 Å². The molecule has 0 bridgehead atoms. The zero-order chi connectivity index (χ0) is 18.2. The Bertz CT molecular complexity index is 794. The number of carbonyl (C=O) groups is 1. The average molecular weight is 335 g/mol. The lowest BCUT2D eigenvalue weighted by molar-refractivity contribution is -0.129. The van der Waals surface area contributed by atoms with E-state index in [0.717, 1.165) is 28.9 Å². The smallest absolute Gasteiger partial charge is 0.354 e. The van der Waals surface area contributed by atoms with Crippen LogP contribution in [0.4, 0.5) is 0 Å². The first-order valence-corrected chi connectivity index (χ1v) is 8.18. The molecule has 0 aliphatic rings. The van der Waals surface area contributed by atoms with Crippen molar-refractivity contribution in [3.05, 3.63) is 64.7 Å². The molecule has 0 aliphatic heterocycles. The standard InChI is InChI=1S/C21H21NO3/c1-4-12-24-19-10-8-17(9-11-19)13-18(14-22)21(23)25-20-15(2)6-5-7-16(20)3/h5-11,13H,4,12H2,1-3H3/b18-13+. The van der Waals surface area contributed by atoms with E-state index in [1.165, 1.54) is 6.08 Å². The number of para-hydroxylation sites is 1. The number of rotatable bonds is 6.